The largest absolute Gasteiger partial charge is 0.465 e. The van der Waals surface area contributed by atoms with Crippen LogP contribution in [0.3, 0.4) is 0 Å². The number of halogens is 1. The zero-order chi connectivity index (χ0) is 20.3. The molecule has 1 aliphatic carbocycles. The van der Waals surface area contributed by atoms with Gasteiger partial charge in [-0.15, -0.1) is 0 Å². The van der Waals surface area contributed by atoms with E-state index in [2.05, 4.69) is 15.4 Å². The van der Waals surface area contributed by atoms with E-state index in [0.29, 0.717) is 17.7 Å². The van der Waals surface area contributed by atoms with Crippen molar-refractivity contribution in [1.82, 2.24) is 0 Å². The Morgan fingerprint density at radius 2 is 1.71 bits per heavy atom. The van der Waals surface area contributed by atoms with Crippen molar-refractivity contribution in [3.05, 3.63) is 58.6 Å². The molecule has 2 unspecified atom stereocenters. The molecule has 2 aromatic carbocycles. The molecular formula is C20H16ClN3O4. The lowest BCUT2D eigenvalue weighted by atomic mass is 10.2. The summed E-state index contributed by atoms with van der Waals surface area (Å²) in [5.41, 5.74) is 1.59. The third-order valence-electron chi connectivity index (χ3n) is 4.39. The second-order valence-corrected chi connectivity index (χ2v) is 6.71. The van der Waals surface area contributed by atoms with Crippen LogP contribution in [-0.4, -0.2) is 24.9 Å². The van der Waals surface area contributed by atoms with Gasteiger partial charge in [-0.2, -0.15) is 5.26 Å². The predicted octanol–water partition coefficient (Wildman–Crippen LogP) is 3.21. The first-order valence-electron chi connectivity index (χ1n) is 8.42. The third-order valence-corrected chi connectivity index (χ3v) is 4.72. The Kier molecular flexibility index (Phi) is 5.62. The number of hydrogen-bond donors (Lipinski definition) is 2. The summed E-state index contributed by atoms with van der Waals surface area (Å²) in [5.74, 6) is -2.07. The lowest BCUT2D eigenvalue weighted by molar-refractivity contribution is -0.122. The highest BCUT2D eigenvalue weighted by Gasteiger charge is 2.48. The third kappa shape index (κ3) is 4.30. The maximum atomic E-state index is 12.4. The number of anilines is 2. The zero-order valence-corrected chi connectivity index (χ0v) is 15.6. The normalized spacial score (nSPS) is 17.2. The topological polar surface area (TPSA) is 108 Å². The monoisotopic (exact) mass is 397 g/mol. The number of nitrogens with zero attached hydrogens (tertiary/aromatic N) is 1. The molecule has 7 nitrogen and oxygen atoms in total. The van der Waals surface area contributed by atoms with Gasteiger partial charge >= 0.3 is 5.97 Å². The Morgan fingerprint density at radius 3 is 2.32 bits per heavy atom. The number of nitriles is 1. The van der Waals surface area contributed by atoms with Crippen molar-refractivity contribution >= 4 is 40.8 Å². The van der Waals surface area contributed by atoms with Gasteiger partial charge in [0.25, 0.3) is 0 Å². The fourth-order valence-electron chi connectivity index (χ4n) is 2.73. The highest BCUT2D eigenvalue weighted by atomic mass is 35.5. The molecule has 1 saturated carbocycles. The molecule has 0 aliphatic heterocycles. The Morgan fingerprint density at radius 1 is 1.07 bits per heavy atom. The van der Waals surface area contributed by atoms with Crippen LogP contribution in [0, 0.1) is 23.2 Å². The van der Waals surface area contributed by atoms with Gasteiger partial charge in [0.2, 0.25) is 11.8 Å². The first-order valence-corrected chi connectivity index (χ1v) is 8.80. The summed E-state index contributed by atoms with van der Waals surface area (Å²) in [6.07, 6.45) is 0.419. The van der Waals surface area contributed by atoms with Crippen molar-refractivity contribution in [2.24, 2.45) is 11.8 Å². The van der Waals surface area contributed by atoms with Crippen molar-refractivity contribution < 1.29 is 19.1 Å². The summed E-state index contributed by atoms with van der Waals surface area (Å²) >= 11 is 6.08. The minimum atomic E-state index is -0.543. The number of nitrogens with one attached hydrogen (secondary N) is 2. The summed E-state index contributed by atoms with van der Waals surface area (Å²) in [6, 6.07) is 12.9. The molecule has 2 amide bonds. The van der Waals surface area contributed by atoms with Crippen molar-refractivity contribution in [2.75, 3.05) is 17.7 Å². The second kappa shape index (κ2) is 8.11. The van der Waals surface area contributed by atoms with Gasteiger partial charge in [-0.05, 0) is 48.9 Å². The zero-order valence-electron chi connectivity index (χ0n) is 14.9. The van der Waals surface area contributed by atoms with E-state index in [1.807, 2.05) is 6.07 Å². The lowest BCUT2D eigenvalue weighted by Crippen LogP contribution is -2.21. The van der Waals surface area contributed by atoms with Crippen LogP contribution in [0.5, 0.6) is 0 Å². The summed E-state index contributed by atoms with van der Waals surface area (Å²) in [7, 11) is 1.26. The van der Waals surface area contributed by atoms with Gasteiger partial charge in [-0.25, -0.2) is 4.79 Å². The van der Waals surface area contributed by atoms with Gasteiger partial charge in [0.05, 0.1) is 46.9 Å². The number of carbonyl (C=O) groups is 3. The average Bonchev–Trinajstić information content (AvgIpc) is 3.51. The average molecular weight is 398 g/mol. The van der Waals surface area contributed by atoms with E-state index in [1.54, 1.807) is 24.3 Å². The molecule has 2 aromatic rings. The maximum absolute atomic E-state index is 12.4. The molecule has 8 heteroatoms. The molecule has 0 spiro atoms. The Hall–Kier alpha value is -3.37. The number of methoxy groups -OCH3 is 1. The highest BCUT2D eigenvalue weighted by molar-refractivity contribution is 6.34. The quantitative estimate of drug-likeness (QED) is 0.753. The molecule has 0 saturated heterocycles. The fraction of sp³-hybridized carbons (Fsp3) is 0.200. The first-order chi connectivity index (χ1) is 13.4. The summed E-state index contributed by atoms with van der Waals surface area (Å²) in [5, 5.41) is 14.5. The van der Waals surface area contributed by atoms with Crippen LogP contribution in [0.4, 0.5) is 11.4 Å². The molecule has 28 heavy (non-hydrogen) atoms. The fourth-order valence-corrected chi connectivity index (χ4v) is 2.89. The molecule has 3 rings (SSSR count). The van der Waals surface area contributed by atoms with E-state index in [0.717, 1.165) is 0 Å². The minimum absolute atomic E-state index is 0.258. The number of ether oxygens (including phenoxy) is 1. The number of carbonyl (C=O) groups excluding carboxylic acids is 3. The van der Waals surface area contributed by atoms with Gasteiger partial charge in [-0.3, -0.25) is 9.59 Å². The summed E-state index contributed by atoms with van der Waals surface area (Å²) in [6.45, 7) is 0. The smallest absolute Gasteiger partial charge is 0.337 e. The standard InChI is InChI=1S/C20H16ClN3O4/c1-28-20(27)12-4-7-16(21)17(8-12)24-19(26)15-9-14(15)18(25)23-13-5-2-11(10-22)3-6-13/h2-8,14-15H,9H2,1H3,(H,23,25)(H,24,26). The van der Waals surface area contributed by atoms with Crippen LogP contribution in [-0.2, 0) is 14.3 Å². The molecule has 1 aliphatic rings. The Balaban J connectivity index is 1.60. The molecule has 2 N–H and O–H groups in total. The van der Waals surface area contributed by atoms with Crippen molar-refractivity contribution in [2.45, 2.75) is 6.42 Å². The van der Waals surface area contributed by atoms with E-state index in [4.69, 9.17) is 16.9 Å². The van der Waals surface area contributed by atoms with Crippen molar-refractivity contribution in [1.29, 1.82) is 5.26 Å². The molecule has 142 valence electrons. The molecular weight excluding hydrogens is 382 g/mol. The van der Waals surface area contributed by atoms with Gasteiger partial charge < -0.3 is 15.4 Å². The Labute approximate surface area is 166 Å². The maximum Gasteiger partial charge on any atom is 0.337 e. The van der Waals surface area contributed by atoms with Gasteiger partial charge in [0, 0.05) is 5.69 Å². The number of hydrogen-bond acceptors (Lipinski definition) is 5. The highest BCUT2D eigenvalue weighted by Crippen LogP contribution is 2.40. The van der Waals surface area contributed by atoms with Gasteiger partial charge in [0.15, 0.2) is 0 Å². The number of rotatable bonds is 5. The van der Waals surface area contributed by atoms with Crippen LogP contribution in [0.15, 0.2) is 42.5 Å². The molecule has 1 fully saturated rings. The van der Waals surface area contributed by atoms with Crippen LogP contribution in [0.1, 0.15) is 22.3 Å². The lowest BCUT2D eigenvalue weighted by Gasteiger charge is -2.09. The van der Waals surface area contributed by atoms with Gasteiger partial charge in [-0.1, -0.05) is 11.6 Å². The summed E-state index contributed by atoms with van der Waals surface area (Å²) in [4.78, 5) is 36.3. The van der Waals surface area contributed by atoms with Gasteiger partial charge in [0.1, 0.15) is 0 Å². The van der Waals surface area contributed by atoms with Crippen LogP contribution in [0.25, 0.3) is 0 Å². The molecule has 0 radical (unpaired) electrons. The first kappa shape index (κ1) is 19.4. The predicted molar refractivity (Wildman–Crippen MR) is 103 cm³/mol. The second-order valence-electron chi connectivity index (χ2n) is 6.30. The van der Waals surface area contributed by atoms with E-state index < -0.39 is 17.8 Å². The Bertz CT molecular complexity index is 982. The summed E-state index contributed by atoms with van der Waals surface area (Å²) < 4.78 is 4.65. The van der Waals surface area contributed by atoms with E-state index in [-0.39, 0.29) is 28.1 Å². The van der Waals surface area contributed by atoms with Crippen LogP contribution < -0.4 is 10.6 Å². The van der Waals surface area contributed by atoms with E-state index >= 15 is 0 Å². The van der Waals surface area contributed by atoms with E-state index in [1.165, 1.54) is 25.3 Å². The SMILES string of the molecule is COC(=O)c1ccc(Cl)c(NC(=O)C2CC2C(=O)Nc2ccc(C#N)cc2)c1. The number of benzene rings is 2. The van der Waals surface area contributed by atoms with Crippen LogP contribution >= 0.6 is 11.6 Å². The molecule has 0 aromatic heterocycles. The van der Waals surface area contributed by atoms with Crippen molar-refractivity contribution in [3.63, 3.8) is 0 Å². The van der Waals surface area contributed by atoms with Crippen LogP contribution in [0.2, 0.25) is 5.02 Å². The number of amides is 2. The number of esters is 1. The minimum Gasteiger partial charge on any atom is -0.465 e. The van der Waals surface area contributed by atoms with E-state index in [9.17, 15) is 14.4 Å². The molecule has 0 bridgehead atoms. The van der Waals surface area contributed by atoms with Crippen molar-refractivity contribution in [3.8, 4) is 6.07 Å². The molecule has 0 heterocycles. The molecule has 2 atom stereocenters.